The molecule has 0 aliphatic rings. The first-order valence-corrected chi connectivity index (χ1v) is 7.87. The zero-order valence-corrected chi connectivity index (χ0v) is 12.4. The Hall–Kier alpha value is -1.79. The molecule has 2 aromatic rings. The number of aromatic nitrogens is 1. The van der Waals surface area contributed by atoms with Crippen LogP contribution in [-0.4, -0.2) is 19.9 Å². The van der Waals surface area contributed by atoms with Crippen molar-refractivity contribution in [3.8, 4) is 0 Å². The standard InChI is InChI=1S/C13H14ClN3O2S/c1-2-15-13-12(8-5-9-16-13)20(18,19)17-11-7-4-3-6-10(11)14/h3-9,17H,2H2,1H3,(H,15,16). The molecule has 5 nitrogen and oxygen atoms in total. The maximum absolute atomic E-state index is 12.4. The number of nitrogens with one attached hydrogen (secondary N) is 2. The van der Waals surface area contributed by atoms with Crippen molar-refractivity contribution in [3.63, 3.8) is 0 Å². The summed E-state index contributed by atoms with van der Waals surface area (Å²) in [6.07, 6.45) is 1.53. The normalized spacial score (nSPS) is 11.1. The zero-order valence-electron chi connectivity index (χ0n) is 10.8. The number of pyridine rings is 1. The molecule has 0 saturated heterocycles. The molecule has 0 atom stereocenters. The summed E-state index contributed by atoms with van der Waals surface area (Å²) in [7, 11) is -3.75. The van der Waals surface area contributed by atoms with Crippen molar-refractivity contribution in [2.75, 3.05) is 16.6 Å². The van der Waals surface area contributed by atoms with Crippen LogP contribution >= 0.6 is 11.6 Å². The number of benzene rings is 1. The van der Waals surface area contributed by atoms with Crippen molar-refractivity contribution in [2.45, 2.75) is 11.8 Å². The van der Waals surface area contributed by atoms with Crippen LogP contribution in [0.3, 0.4) is 0 Å². The third kappa shape index (κ3) is 3.20. The van der Waals surface area contributed by atoms with E-state index in [0.717, 1.165) is 0 Å². The SMILES string of the molecule is CCNc1ncccc1S(=O)(=O)Nc1ccccc1Cl. The van der Waals surface area contributed by atoms with E-state index in [1.165, 1.54) is 12.3 Å². The molecule has 106 valence electrons. The van der Waals surface area contributed by atoms with Crippen molar-refractivity contribution in [1.82, 2.24) is 4.98 Å². The Morgan fingerprint density at radius 2 is 1.95 bits per heavy atom. The van der Waals surface area contributed by atoms with Crippen LogP contribution < -0.4 is 10.0 Å². The fourth-order valence-corrected chi connectivity index (χ4v) is 3.10. The molecule has 1 aromatic carbocycles. The Morgan fingerprint density at radius 3 is 2.65 bits per heavy atom. The van der Waals surface area contributed by atoms with Gasteiger partial charge in [-0.15, -0.1) is 0 Å². The number of para-hydroxylation sites is 1. The van der Waals surface area contributed by atoms with E-state index in [9.17, 15) is 8.42 Å². The van der Waals surface area contributed by atoms with Crippen LogP contribution in [-0.2, 0) is 10.0 Å². The minimum atomic E-state index is -3.75. The maximum Gasteiger partial charge on any atom is 0.265 e. The topological polar surface area (TPSA) is 71.1 Å². The molecule has 7 heteroatoms. The van der Waals surface area contributed by atoms with Crippen molar-refractivity contribution in [3.05, 3.63) is 47.6 Å². The molecule has 1 aromatic heterocycles. The van der Waals surface area contributed by atoms with E-state index >= 15 is 0 Å². The van der Waals surface area contributed by atoms with E-state index in [4.69, 9.17) is 11.6 Å². The van der Waals surface area contributed by atoms with Crippen LogP contribution in [0.4, 0.5) is 11.5 Å². The second kappa shape index (κ2) is 6.11. The highest BCUT2D eigenvalue weighted by Gasteiger charge is 2.20. The highest BCUT2D eigenvalue weighted by molar-refractivity contribution is 7.92. The Kier molecular flexibility index (Phi) is 4.46. The highest BCUT2D eigenvalue weighted by atomic mass is 35.5. The number of nitrogens with zero attached hydrogens (tertiary/aromatic N) is 1. The number of hydrogen-bond acceptors (Lipinski definition) is 4. The van der Waals surface area contributed by atoms with Gasteiger partial charge in [-0.3, -0.25) is 4.72 Å². The lowest BCUT2D eigenvalue weighted by Gasteiger charge is -2.12. The predicted octanol–water partition coefficient (Wildman–Crippen LogP) is 2.97. The van der Waals surface area contributed by atoms with E-state index < -0.39 is 10.0 Å². The summed E-state index contributed by atoms with van der Waals surface area (Å²) in [4.78, 5) is 4.12. The molecule has 2 N–H and O–H groups in total. The summed E-state index contributed by atoms with van der Waals surface area (Å²) in [5.74, 6) is 0.314. The monoisotopic (exact) mass is 311 g/mol. The molecule has 0 fully saturated rings. The van der Waals surface area contributed by atoms with Gasteiger partial charge in [0.1, 0.15) is 10.7 Å². The fraction of sp³-hybridized carbons (Fsp3) is 0.154. The summed E-state index contributed by atoms with van der Waals surface area (Å²) in [6, 6.07) is 9.72. The van der Waals surface area contributed by atoms with Gasteiger partial charge in [0.25, 0.3) is 10.0 Å². The van der Waals surface area contributed by atoms with E-state index in [1.54, 1.807) is 30.3 Å². The van der Waals surface area contributed by atoms with Gasteiger partial charge in [-0.1, -0.05) is 23.7 Å². The Morgan fingerprint density at radius 1 is 1.20 bits per heavy atom. The number of rotatable bonds is 5. The van der Waals surface area contributed by atoms with Crippen molar-refractivity contribution in [1.29, 1.82) is 0 Å². The van der Waals surface area contributed by atoms with Gasteiger partial charge in [0.2, 0.25) is 0 Å². The Labute approximate surface area is 123 Å². The summed E-state index contributed by atoms with van der Waals surface area (Å²) in [5, 5.41) is 3.26. The van der Waals surface area contributed by atoms with Crippen LogP contribution in [0.15, 0.2) is 47.5 Å². The lowest BCUT2D eigenvalue weighted by atomic mass is 10.3. The van der Waals surface area contributed by atoms with Gasteiger partial charge < -0.3 is 5.32 Å². The molecule has 0 spiro atoms. The van der Waals surface area contributed by atoms with Gasteiger partial charge in [-0.05, 0) is 31.2 Å². The maximum atomic E-state index is 12.4. The second-order valence-electron chi connectivity index (χ2n) is 3.97. The van der Waals surface area contributed by atoms with Crippen LogP contribution in [0.25, 0.3) is 0 Å². The van der Waals surface area contributed by atoms with Gasteiger partial charge in [-0.2, -0.15) is 0 Å². The molecule has 0 unspecified atom stereocenters. The molecular formula is C13H14ClN3O2S. The van der Waals surface area contributed by atoms with Crippen LogP contribution in [0.2, 0.25) is 5.02 Å². The molecule has 0 amide bonds. The first kappa shape index (κ1) is 14.6. The zero-order chi connectivity index (χ0) is 14.6. The molecule has 1 heterocycles. The minimum Gasteiger partial charge on any atom is -0.369 e. The van der Waals surface area contributed by atoms with E-state index in [2.05, 4.69) is 15.0 Å². The van der Waals surface area contributed by atoms with Gasteiger partial charge in [0.15, 0.2) is 0 Å². The Balaban J connectivity index is 2.39. The number of sulfonamides is 1. The molecule has 20 heavy (non-hydrogen) atoms. The van der Waals surface area contributed by atoms with E-state index in [0.29, 0.717) is 23.1 Å². The summed E-state index contributed by atoms with van der Waals surface area (Å²) >= 11 is 5.96. The highest BCUT2D eigenvalue weighted by Crippen LogP contribution is 2.26. The quantitative estimate of drug-likeness (QED) is 0.890. The van der Waals surface area contributed by atoms with Crippen LogP contribution in [0.5, 0.6) is 0 Å². The molecule has 0 bridgehead atoms. The third-order valence-corrected chi connectivity index (χ3v) is 4.25. The van der Waals surface area contributed by atoms with E-state index in [1.807, 2.05) is 6.92 Å². The summed E-state index contributed by atoms with van der Waals surface area (Å²) < 4.78 is 27.3. The lowest BCUT2D eigenvalue weighted by Crippen LogP contribution is -2.16. The second-order valence-corrected chi connectivity index (χ2v) is 6.02. The molecule has 0 radical (unpaired) electrons. The molecule has 0 aliphatic carbocycles. The largest absolute Gasteiger partial charge is 0.369 e. The van der Waals surface area contributed by atoms with Crippen LogP contribution in [0.1, 0.15) is 6.92 Å². The van der Waals surface area contributed by atoms with Crippen LogP contribution in [0, 0.1) is 0 Å². The Bertz CT molecular complexity index is 704. The average Bonchev–Trinajstić information content (AvgIpc) is 2.42. The van der Waals surface area contributed by atoms with Crippen molar-refractivity contribution in [2.24, 2.45) is 0 Å². The smallest absolute Gasteiger partial charge is 0.265 e. The number of hydrogen-bond donors (Lipinski definition) is 2. The first-order chi connectivity index (χ1) is 9.54. The average molecular weight is 312 g/mol. The molecular weight excluding hydrogens is 298 g/mol. The minimum absolute atomic E-state index is 0.0850. The third-order valence-electron chi connectivity index (χ3n) is 2.52. The summed E-state index contributed by atoms with van der Waals surface area (Å²) in [5.41, 5.74) is 0.334. The molecule has 0 aliphatic heterocycles. The van der Waals surface area contributed by atoms with E-state index in [-0.39, 0.29) is 4.90 Å². The van der Waals surface area contributed by atoms with Gasteiger partial charge in [-0.25, -0.2) is 13.4 Å². The van der Waals surface area contributed by atoms with Gasteiger partial charge >= 0.3 is 0 Å². The predicted molar refractivity (Wildman–Crippen MR) is 80.7 cm³/mol. The molecule has 2 rings (SSSR count). The fourth-order valence-electron chi connectivity index (χ4n) is 1.65. The summed E-state index contributed by atoms with van der Waals surface area (Å²) in [6.45, 7) is 2.44. The first-order valence-electron chi connectivity index (χ1n) is 6.01. The van der Waals surface area contributed by atoms with Crippen molar-refractivity contribution < 1.29 is 8.42 Å². The van der Waals surface area contributed by atoms with Crippen molar-refractivity contribution >= 4 is 33.1 Å². The van der Waals surface area contributed by atoms with Gasteiger partial charge in [0, 0.05) is 12.7 Å². The number of anilines is 2. The molecule has 0 saturated carbocycles. The number of halogens is 1. The van der Waals surface area contributed by atoms with Gasteiger partial charge in [0.05, 0.1) is 10.7 Å². The lowest BCUT2D eigenvalue weighted by molar-refractivity contribution is 0.601.